The molecule has 0 bridgehead atoms. The normalized spacial score (nSPS) is 19.9. The first-order valence-corrected chi connectivity index (χ1v) is 7.35. The molecular weight excluding hydrogens is 284 g/mol. The summed E-state index contributed by atoms with van der Waals surface area (Å²) in [6.07, 6.45) is 1.58. The molecule has 2 atom stereocenters. The van der Waals surface area contributed by atoms with E-state index >= 15 is 0 Å². The van der Waals surface area contributed by atoms with Crippen molar-refractivity contribution >= 4 is 23.3 Å². The maximum atomic E-state index is 10.9. The Kier molecular flexibility index (Phi) is 12.1. The second-order valence-electron chi connectivity index (χ2n) is 5.47. The monoisotopic (exact) mass is 312 g/mol. The zero-order valence-corrected chi connectivity index (χ0v) is 14.5. The lowest BCUT2D eigenvalue weighted by Gasteiger charge is -2.20. The summed E-state index contributed by atoms with van der Waals surface area (Å²) in [6.45, 7) is 12.2. The molecule has 0 N–H and O–H groups in total. The van der Waals surface area contributed by atoms with E-state index in [1.165, 1.54) is 7.11 Å². The highest BCUT2D eigenvalue weighted by molar-refractivity contribution is 6.03. The zero-order chi connectivity index (χ0) is 17.9. The van der Waals surface area contributed by atoms with Crippen LogP contribution >= 0.6 is 0 Å². The third-order valence-electron chi connectivity index (χ3n) is 3.19. The van der Waals surface area contributed by atoms with E-state index in [2.05, 4.69) is 11.3 Å². The highest BCUT2D eigenvalue weighted by Gasteiger charge is 2.28. The summed E-state index contributed by atoms with van der Waals surface area (Å²) in [7, 11) is 1.33. The van der Waals surface area contributed by atoms with Crippen LogP contribution in [0.15, 0.2) is 12.2 Å². The molecule has 0 amide bonds. The van der Waals surface area contributed by atoms with E-state index in [9.17, 15) is 19.2 Å². The quantitative estimate of drug-likeness (QED) is 0.445. The van der Waals surface area contributed by atoms with Crippen LogP contribution in [0.25, 0.3) is 0 Å². The maximum absolute atomic E-state index is 10.9. The molecule has 0 aromatic heterocycles. The first-order chi connectivity index (χ1) is 10.1. The fourth-order valence-corrected chi connectivity index (χ4v) is 1.49. The number of ketones is 3. The number of carbonyl (C=O) groups excluding carboxylic acids is 4. The van der Waals surface area contributed by atoms with E-state index in [0.29, 0.717) is 12.0 Å². The Bertz CT molecular complexity index is 405. The lowest BCUT2D eigenvalue weighted by atomic mass is 9.82. The molecule has 0 heterocycles. The fraction of sp³-hybridized carbons (Fsp3) is 0.647. The SMILES string of the molecule is C=C(C)C(=O)OC.CC1CC(C)C(=O)CC1=O.CCC(C)=O. The minimum absolute atomic E-state index is 0.104. The molecule has 0 aromatic rings. The largest absolute Gasteiger partial charge is 0.466 e. The molecule has 1 saturated carbocycles. The number of Topliss-reactive ketones (excluding diaryl/α,β-unsaturated/α-hetero) is 3. The molecule has 0 saturated heterocycles. The van der Waals surface area contributed by atoms with E-state index in [4.69, 9.17) is 0 Å². The molecule has 1 aliphatic rings. The molecule has 22 heavy (non-hydrogen) atoms. The summed E-state index contributed by atoms with van der Waals surface area (Å²) in [4.78, 5) is 41.9. The van der Waals surface area contributed by atoms with Gasteiger partial charge in [0.1, 0.15) is 17.3 Å². The number of ether oxygens (including phenoxy) is 1. The predicted octanol–water partition coefficient (Wildman–Crippen LogP) is 2.91. The topological polar surface area (TPSA) is 77.5 Å². The Morgan fingerprint density at radius 2 is 1.50 bits per heavy atom. The van der Waals surface area contributed by atoms with Gasteiger partial charge in [0.2, 0.25) is 0 Å². The number of esters is 1. The summed E-state index contributed by atoms with van der Waals surface area (Å²) in [5.74, 6) is 0.344. The molecule has 5 heteroatoms. The van der Waals surface area contributed by atoms with Crippen LogP contribution in [0.2, 0.25) is 0 Å². The molecule has 1 fully saturated rings. The average Bonchev–Trinajstić information content (AvgIpc) is 2.45. The smallest absolute Gasteiger partial charge is 0.332 e. The molecule has 0 aromatic carbocycles. The molecule has 0 radical (unpaired) electrons. The van der Waals surface area contributed by atoms with Crippen LogP contribution in [0.1, 0.15) is 53.9 Å². The van der Waals surface area contributed by atoms with Crippen LogP contribution < -0.4 is 0 Å². The molecule has 126 valence electrons. The van der Waals surface area contributed by atoms with Crippen molar-refractivity contribution in [2.75, 3.05) is 7.11 Å². The second kappa shape index (κ2) is 11.8. The Hall–Kier alpha value is -1.78. The van der Waals surface area contributed by atoms with E-state index < -0.39 is 0 Å². The summed E-state index contributed by atoms with van der Waals surface area (Å²) < 4.78 is 4.27. The number of hydrogen-bond donors (Lipinski definition) is 0. The molecule has 0 aliphatic heterocycles. The highest BCUT2D eigenvalue weighted by Crippen LogP contribution is 2.22. The van der Waals surface area contributed by atoms with E-state index in [-0.39, 0.29) is 41.6 Å². The van der Waals surface area contributed by atoms with Crippen molar-refractivity contribution < 1.29 is 23.9 Å². The average molecular weight is 312 g/mol. The number of carbonyl (C=O) groups is 4. The van der Waals surface area contributed by atoms with Gasteiger partial charge in [0, 0.05) is 23.8 Å². The van der Waals surface area contributed by atoms with Gasteiger partial charge in [-0.1, -0.05) is 27.4 Å². The summed E-state index contributed by atoms with van der Waals surface area (Å²) in [6, 6.07) is 0. The van der Waals surface area contributed by atoms with Crippen LogP contribution in [0.3, 0.4) is 0 Å². The summed E-state index contributed by atoms with van der Waals surface area (Å²) in [5, 5.41) is 0. The van der Waals surface area contributed by atoms with Gasteiger partial charge in [-0.2, -0.15) is 0 Å². The van der Waals surface area contributed by atoms with Crippen LogP contribution in [0.4, 0.5) is 0 Å². The first kappa shape index (κ1) is 22.5. The second-order valence-corrected chi connectivity index (χ2v) is 5.47. The van der Waals surface area contributed by atoms with Crippen molar-refractivity contribution in [2.24, 2.45) is 11.8 Å². The van der Waals surface area contributed by atoms with Gasteiger partial charge >= 0.3 is 5.97 Å². The molecule has 2 unspecified atom stereocenters. The van der Waals surface area contributed by atoms with Gasteiger partial charge in [0.05, 0.1) is 13.5 Å². The fourth-order valence-electron chi connectivity index (χ4n) is 1.49. The van der Waals surface area contributed by atoms with Crippen LogP contribution in [-0.4, -0.2) is 30.4 Å². The third kappa shape index (κ3) is 10.9. The van der Waals surface area contributed by atoms with Crippen molar-refractivity contribution in [3.8, 4) is 0 Å². The molecule has 1 aliphatic carbocycles. The Labute approximate surface area is 133 Å². The van der Waals surface area contributed by atoms with Gasteiger partial charge in [0.25, 0.3) is 0 Å². The van der Waals surface area contributed by atoms with E-state index in [0.717, 1.165) is 6.42 Å². The minimum Gasteiger partial charge on any atom is -0.466 e. The molecule has 5 nitrogen and oxygen atoms in total. The van der Waals surface area contributed by atoms with Crippen molar-refractivity contribution in [1.82, 2.24) is 0 Å². The van der Waals surface area contributed by atoms with Crippen molar-refractivity contribution in [3.63, 3.8) is 0 Å². The van der Waals surface area contributed by atoms with Gasteiger partial charge in [-0.25, -0.2) is 4.79 Å². The lowest BCUT2D eigenvalue weighted by Crippen LogP contribution is -2.28. The van der Waals surface area contributed by atoms with Gasteiger partial charge < -0.3 is 9.53 Å². The Morgan fingerprint density at radius 1 is 1.14 bits per heavy atom. The maximum Gasteiger partial charge on any atom is 0.332 e. The molecular formula is C17H28O5. The van der Waals surface area contributed by atoms with Gasteiger partial charge in [-0.15, -0.1) is 0 Å². The van der Waals surface area contributed by atoms with Crippen LogP contribution in [0.5, 0.6) is 0 Å². The van der Waals surface area contributed by atoms with Gasteiger partial charge in [0.15, 0.2) is 0 Å². The van der Waals surface area contributed by atoms with E-state index in [1.807, 2.05) is 20.8 Å². The van der Waals surface area contributed by atoms with Crippen LogP contribution in [-0.2, 0) is 23.9 Å². The lowest BCUT2D eigenvalue weighted by molar-refractivity contribution is -0.136. The van der Waals surface area contributed by atoms with Crippen molar-refractivity contribution in [1.29, 1.82) is 0 Å². The zero-order valence-electron chi connectivity index (χ0n) is 14.5. The molecule has 1 rings (SSSR count). The number of rotatable bonds is 2. The highest BCUT2D eigenvalue weighted by atomic mass is 16.5. The Morgan fingerprint density at radius 3 is 1.64 bits per heavy atom. The third-order valence-corrected chi connectivity index (χ3v) is 3.19. The number of methoxy groups -OCH3 is 1. The van der Waals surface area contributed by atoms with Crippen molar-refractivity contribution in [2.45, 2.75) is 53.9 Å². The standard InChI is InChI=1S/C8H12O2.C5H8O2.C4H8O/c1-5-3-6(2)8(10)4-7(5)9;1-4(2)5(6)7-3;1-3-4(2)5/h5-6H,3-4H2,1-2H3;1H2,2-3H3;3H2,1-2H3. The summed E-state index contributed by atoms with van der Waals surface area (Å²) in [5.41, 5.74) is 0.433. The number of hydrogen-bond acceptors (Lipinski definition) is 5. The molecule has 0 spiro atoms. The minimum atomic E-state index is -0.347. The van der Waals surface area contributed by atoms with Crippen LogP contribution in [0, 0.1) is 11.8 Å². The first-order valence-electron chi connectivity index (χ1n) is 7.35. The summed E-state index contributed by atoms with van der Waals surface area (Å²) >= 11 is 0. The van der Waals surface area contributed by atoms with E-state index in [1.54, 1.807) is 13.8 Å². The van der Waals surface area contributed by atoms with Gasteiger partial charge in [-0.3, -0.25) is 9.59 Å². The van der Waals surface area contributed by atoms with Gasteiger partial charge in [-0.05, 0) is 20.3 Å². The van der Waals surface area contributed by atoms with Crippen molar-refractivity contribution in [3.05, 3.63) is 12.2 Å². The predicted molar refractivity (Wildman–Crippen MR) is 85.4 cm³/mol. The Balaban J connectivity index is 0.